The van der Waals surface area contributed by atoms with Gasteiger partial charge in [-0.2, -0.15) is 0 Å². The van der Waals surface area contributed by atoms with Crippen LogP contribution in [-0.4, -0.2) is 57.2 Å². The first-order valence-electron chi connectivity index (χ1n) is 6.84. The second kappa shape index (κ2) is 6.87. The van der Waals surface area contributed by atoms with E-state index >= 15 is 0 Å². The fourth-order valence-electron chi connectivity index (χ4n) is 2.82. The molecule has 0 amide bonds. The molecule has 1 rings (SSSR count). The molecule has 0 heterocycles. The number of rotatable bonds is 6. The fraction of sp³-hybridized carbons (Fsp3) is 1.00. The standard InChI is InChI=1S/C13H27NO3S/c1-14(9-10-18(2,16)17)11-13(12-15)7-5-3-4-6-8-13/h15H,3-12H2,1-2H3. The zero-order valence-corrected chi connectivity index (χ0v) is 12.5. The highest BCUT2D eigenvalue weighted by molar-refractivity contribution is 7.90. The molecule has 5 heteroatoms. The first kappa shape index (κ1) is 15.9. The van der Waals surface area contributed by atoms with Gasteiger partial charge in [-0.25, -0.2) is 8.42 Å². The molecule has 1 aliphatic carbocycles. The first-order chi connectivity index (χ1) is 8.37. The minimum atomic E-state index is -2.90. The number of aliphatic hydroxyl groups excluding tert-OH is 1. The lowest BCUT2D eigenvalue weighted by atomic mass is 9.80. The van der Waals surface area contributed by atoms with Gasteiger partial charge in [0.25, 0.3) is 0 Å². The van der Waals surface area contributed by atoms with Crippen molar-refractivity contribution in [1.82, 2.24) is 4.90 Å². The third-order valence-corrected chi connectivity index (χ3v) is 4.87. The number of hydrogen-bond donors (Lipinski definition) is 1. The monoisotopic (exact) mass is 277 g/mol. The molecule has 1 saturated carbocycles. The predicted molar refractivity (Wildman–Crippen MR) is 74.4 cm³/mol. The number of nitrogens with zero attached hydrogens (tertiary/aromatic N) is 1. The maximum Gasteiger partial charge on any atom is 0.148 e. The van der Waals surface area contributed by atoms with E-state index in [0.717, 1.165) is 19.4 Å². The van der Waals surface area contributed by atoms with E-state index in [9.17, 15) is 13.5 Å². The molecule has 108 valence electrons. The Balaban J connectivity index is 2.50. The lowest BCUT2D eigenvalue weighted by Gasteiger charge is -2.35. The molecule has 0 aromatic rings. The largest absolute Gasteiger partial charge is 0.396 e. The van der Waals surface area contributed by atoms with Crippen LogP contribution in [0, 0.1) is 5.41 Å². The van der Waals surface area contributed by atoms with Crippen molar-refractivity contribution in [2.75, 3.05) is 38.8 Å². The van der Waals surface area contributed by atoms with E-state index in [-0.39, 0.29) is 17.8 Å². The summed E-state index contributed by atoms with van der Waals surface area (Å²) in [5.74, 6) is 0.199. The van der Waals surface area contributed by atoms with Crippen molar-refractivity contribution in [3.05, 3.63) is 0 Å². The second-order valence-corrected chi connectivity index (χ2v) is 8.20. The summed E-state index contributed by atoms with van der Waals surface area (Å²) in [5, 5.41) is 9.70. The third kappa shape index (κ3) is 5.67. The van der Waals surface area contributed by atoms with Crippen LogP contribution in [0.3, 0.4) is 0 Å². The van der Waals surface area contributed by atoms with Gasteiger partial charge in [0.15, 0.2) is 0 Å². The summed E-state index contributed by atoms with van der Waals surface area (Å²) >= 11 is 0. The number of sulfone groups is 1. The normalized spacial score (nSPS) is 20.9. The van der Waals surface area contributed by atoms with E-state index in [1.807, 2.05) is 7.05 Å². The molecule has 0 aliphatic heterocycles. The molecule has 0 bridgehead atoms. The highest BCUT2D eigenvalue weighted by Crippen LogP contribution is 2.35. The summed E-state index contributed by atoms with van der Waals surface area (Å²) in [6.45, 7) is 1.58. The molecule has 0 radical (unpaired) electrons. The van der Waals surface area contributed by atoms with Crippen LogP contribution in [0.4, 0.5) is 0 Å². The van der Waals surface area contributed by atoms with Crippen molar-refractivity contribution in [2.45, 2.75) is 38.5 Å². The van der Waals surface area contributed by atoms with Crippen LogP contribution >= 0.6 is 0 Å². The maximum atomic E-state index is 11.2. The molecule has 0 spiro atoms. The van der Waals surface area contributed by atoms with Gasteiger partial charge in [0.2, 0.25) is 0 Å². The molecule has 0 atom stereocenters. The van der Waals surface area contributed by atoms with Gasteiger partial charge in [0, 0.05) is 31.4 Å². The summed E-state index contributed by atoms with van der Waals surface area (Å²) in [4.78, 5) is 2.06. The molecule has 0 aromatic carbocycles. The Bertz CT molecular complexity index is 332. The number of aliphatic hydroxyl groups is 1. The van der Waals surface area contributed by atoms with Crippen molar-refractivity contribution in [1.29, 1.82) is 0 Å². The Labute approximate surface area is 111 Å². The maximum absolute atomic E-state index is 11.2. The summed E-state index contributed by atoms with van der Waals surface area (Å²) in [6, 6.07) is 0. The Morgan fingerprint density at radius 3 is 2.17 bits per heavy atom. The van der Waals surface area contributed by atoms with Crippen LogP contribution in [0.5, 0.6) is 0 Å². The van der Waals surface area contributed by atoms with Crippen molar-refractivity contribution < 1.29 is 13.5 Å². The van der Waals surface area contributed by atoms with E-state index in [4.69, 9.17) is 0 Å². The fourth-order valence-corrected chi connectivity index (χ4v) is 3.46. The summed E-state index contributed by atoms with van der Waals surface area (Å²) in [5.41, 5.74) is -0.0112. The van der Waals surface area contributed by atoms with Gasteiger partial charge in [-0.15, -0.1) is 0 Å². The minimum Gasteiger partial charge on any atom is -0.396 e. The SMILES string of the molecule is CN(CCS(C)(=O)=O)CC1(CO)CCCCCC1. The zero-order valence-electron chi connectivity index (χ0n) is 11.7. The molecule has 1 fully saturated rings. The molecule has 0 saturated heterocycles. The van der Waals surface area contributed by atoms with Crippen LogP contribution in [0.2, 0.25) is 0 Å². The van der Waals surface area contributed by atoms with Crippen LogP contribution in [0.25, 0.3) is 0 Å². The Morgan fingerprint density at radius 2 is 1.72 bits per heavy atom. The van der Waals surface area contributed by atoms with E-state index in [0.29, 0.717) is 6.54 Å². The van der Waals surface area contributed by atoms with Crippen molar-refractivity contribution in [3.63, 3.8) is 0 Å². The molecule has 0 unspecified atom stereocenters. The highest BCUT2D eigenvalue weighted by Gasteiger charge is 2.31. The molecular weight excluding hydrogens is 250 g/mol. The number of hydrogen-bond acceptors (Lipinski definition) is 4. The Hall–Kier alpha value is -0.130. The zero-order chi connectivity index (χ0) is 13.6. The third-order valence-electron chi connectivity index (χ3n) is 3.95. The lowest BCUT2D eigenvalue weighted by Crippen LogP contribution is -2.40. The molecule has 18 heavy (non-hydrogen) atoms. The van der Waals surface area contributed by atoms with Crippen LogP contribution in [0.15, 0.2) is 0 Å². The van der Waals surface area contributed by atoms with Crippen molar-refractivity contribution in [3.8, 4) is 0 Å². The van der Waals surface area contributed by atoms with Gasteiger partial charge in [-0.1, -0.05) is 25.7 Å². The average molecular weight is 277 g/mol. The predicted octanol–water partition coefficient (Wildman–Crippen LogP) is 1.30. The first-order valence-corrected chi connectivity index (χ1v) is 8.90. The van der Waals surface area contributed by atoms with Crippen LogP contribution in [0.1, 0.15) is 38.5 Å². The second-order valence-electron chi connectivity index (χ2n) is 5.94. The highest BCUT2D eigenvalue weighted by atomic mass is 32.2. The Kier molecular flexibility index (Phi) is 6.08. The van der Waals surface area contributed by atoms with Gasteiger partial charge < -0.3 is 10.0 Å². The van der Waals surface area contributed by atoms with E-state index < -0.39 is 9.84 Å². The lowest BCUT2D eigenvalue weighted by molar-refractivity contribution is 0.0707. The van der Waals surface area contributed by atoms with Gasteiger partial charge in [-0.3, -0.25) is 0 Å². The van der Waals surface area contributed by atoms with Gasteiger partial charge in [-0.05, 0) is 19.9 Å². The minimum absolute atomic E-state index is 0.0112. The van der Waals surface area contributed by atoms with Crippen LogP contribution in [-0.2, 0) is 9.84 Å². The molecular formula is C13H27NO3S. The van der Waals surface area contributed by atoms with Crippen LogP contribution < -0.4 is 0 Å². The van der Waals surface area contributed by atoms with Gasteiger partial charge in [0.05, 0.1) is 5.75 Å². The average Bonchev–Trinajstić information content (AvgIpc) is 2.52. The molecule has 0 aromatic heterocycles. The summed E-state index contributed by atoms with van der Waals surface area (Å²) in [6.07, 6.45) is 8.28. The van der Waals surface area contributed by atoms with Crippen molar-refractivity contribution in [2.24, 2.45) is 5.41 Å². The van der Waals surface area contributed by atoms with Gasteiger partial charge >= 0.3 is 0 Å². The van der Waals surface area contributed by atoms with Gasteiger partial charge in [0.1, 0.15) is 9.84 Å². The summed E-state index contributed by atoms with van der Waals surface area (Å²) in [7, 11) is -0.946. The van der Waals surface area contributed by atoms with E-state index in [1.54, 1.807) is 0 Å². The van der Waals surface area contributed by atoms with Crippen molar-refractivity contribution >= 4 is 9.84 Å². The molecule has 1 aliphatic rings. The smallest absolute Gasteiger partial charge is 0.148 e. The Morgan fingerprint density at radius 1 is 1.17 bits per heavy atom. The molecule has 4 nitrogen and oxygen atoms in total. The topological polar surface area (TPSA) is 57.6 Å². The quantitative estimate of drug-likeness (QED) is 0.743. The van der Waals surface area contributed by atoms with E-state index in [1.165, 1.54) is 31.9 Å². The molecule has 1 N–H and O–H groups in total. The summed E-state index contributed by atoms with van der Waals surface area (Å²) < 4.78 is 22.3. The van der Waals surface area contributed by atoms with E-state index in [2.05, 4.69) is 4.90 Å².